The molecule has 21 heavy (non-hydrogen) atoms. The van der Waals surface area contributed by atoms with Gasteiger partial charge in [0.15, 0.2) is 0 Å². The first-order valence-corrected chi connectivity index (χ1v) is 6.65. The number of carbonyl (C=O) groups is 1. The lowest BCUT2D eigenvalue weighted by atomic mass is 10.1. The third-order valence-electron chi connectivity index (χ3n) is 2.78. The van der Waals surface area contributed by atoms with Gasteiger partial charge < -0.3 is 9.57 Å². The smallest absolute Gasteiger partial charge is 0.337 e. The predicted molar refractivity (Wildman–Crippen MR) is 81.6 cm³/mol. The SMILES string of the molecule is COC(=O)c1ccc(CO/N=C\c2ccccc2Cl)cc1. The van der Waals surface area contributed by atoms with E-state index < -0.39 is 0 Å². The van der Waals surface area contributed by atoms with Crippen LogP contribution in [0.3, 0.4) is 0 Å². The van der Waals surface area contributed by atoms with E-state index in [1.807, 2.05) is 18.2 Å². The molecule has 2 aromatic rings. The monoisotopic (exact) mass is 303 g/mol. The molecule has 2 aromatic carbocycles. The summed E-state index contributed by atoms with van der Waals surface area (Å²) in [7, 11) is 1.35. The fraction of sp³-hybridized carbons (Fsp3) is 0.125. The van der Waals surface area contributed by atoms with E-state index in [-0.39, 0.29) is 5.97 Å². The molecule has 5 heteroatoms. The van der Waals surface area contributed by atoms with Crippen LogP contribution in [-0.2, 0) is 16.2 Å². The van der Waals surface area contributed by atoms with Gasteiger partial charge in [-0.25, -0.2) is 4.79 Å². The summed E-state index contributed by atoms with van der Waals surface area (Å²) in [4.78, 5) is 16.5. The minimum Gasteiger partial charge on any atom is -0.465 e. The third-order valence-corrected chi connectivity index (χ3v) is 3.12. The van der Waals surface area contributed by atoms with Crippen LogP contribution in [0.15, 0.2) is 53.7 Å². The summed E-state index contributed by atoms with van der Waals surface area (Å²) >= 11 is 5.99. The highest BCUT2D eigenvalue weighted by Crippen LogP contribution is 2.12. The van der Waals surface area contributed by atoms with Crippen LogP contribution in [0.5, 0.6) is 0 Å². The van der Waals surface area contributed by atoms with E-state index in [2.05, 4.69) is 9.89 Å². The van der Waals surface area contributed by atoms with Gasteiger partial charge in [-0.2, -0.15) is 0 Å². The molecule has 0 saturated heterocycles. The third kappa shape index (κ3) is 4.33. The first-order valence-electron chi connectivity index (χ1n) is 6.28. The van der Waals surface area contributed by atoms with Crippen molar-refractivity contribution in [1.29, 1.82) is 0 Å². The second-order valence-corrected chi connectivity index (χ2v) is 4.63. The standard InChI is InChI=1S/C16H14ClNO3/c1-20-16(19)13-8-6-12(7-9-13)11-21-18-10-14-4-2-3-5-15(14)17/h2-10H,11H2,1H3/b18-10-. The van der Waals surface area contributed by atoms with Gasteiger partial charge in [-0.05, 0) is 23.8 Å². The lowest BCUT2D eigenvalue weighted by Gasteiger charge is -2.02. The number of rotatable bonds is 5. The van der Waals surface area contributed by atoms with Gasteiger partial charge in [0.1, 0.15) is 6.61 Å². The van der Waals surface area contributed by atoms with Gasteiger partial charge in [0.2, 0.25) is 0 Å². The van der Waals surface area contributed by atoms with Crippen LogP contribution in [0.1, 0.15) is 21.5 Å². The summed E-state index contributed by atoms with van der Waals surface area (Å²) in [5, 5.41) is 4.49. The van der Waals surface area contributed by atoms with E-state index in [9.17, 15) is 4.79 Å². The van der Waals surface area contributed by atoms with Crippen molar-refractivity contribution < 1.29 is 14.4 Å². The van der Waals surface area contributed by atoms with Crippen LogP contribution in [0.25, 0.3) is 0 Å². The van der Waals surface area contributed by atoms with Crippen molar-refractivity contribution in [3.05, 3.63) is 70.2 Å². The average Bonchev–Trinajstić information content (AvgIpc) is 2.53. The number of benzene rings is 2. The summed E-state index contributed by atoms with van der Waals surface area (Å²) in [6, 6.07) is 14.3. The van der Waals surface area contributed by atoms with E-state index >= 15 is 0 Å². The van der Waals surface area contributed by atoms with Gasteiger partial charge >= 0.3 is 5.97 Å². The number of halogens is 1. The number of hydrogen-bond acceptors (Lipinski definition) is 4. The number of hydrogen-bond donors (Lipinski definition) is 0. The van der Waals surface area contributed by atoms with Crippen LogP contribution in [0.2, 0.25) is 5.02 Å². The molecule has 0 aliphatic rings. The number of ether oxygens (including phenoxy) is 1. The Kier molecular flexibility index (Phi) is 5.35. The lowest BCUT2D eigenvalue weighted by Crippen LogP contribution is -2.01. The van der Waals surface area contributed by atoms with Gasteiger partial charge in [-0.3, -0.25) is 0 Å². The molecule has 0 heterocycles. The van der Waals surface area contributed by atoms with E-state index in [4.69, 9.17) is 16.4 Å². The molecule has 0 spiro atoms. The zero-order valence-corrected chi connectivity index (χ0v) is 12.2. The molecule has 0 N–H and O–H groups in total. The zero-order valence-electron chi connectivity index (χ0n) is 11.5. The quantitative estimate of drug-likeness (QED) is 0.481. The molecule has 0 saturated carbocycles. The summed E-state index contributed by atoms with van der Waals surface area (Å²) in [6.07, 6.45) is 1.56. The number of methoxy groups -OCH3 is 1. The lowest BCUT2D eigenvalue weighted by molar-refractivity contribution is 0.0600. The highest BCUT2D eigenvalue weighted by molar-refractivity contribution is 6.33. The number of esters is 1. The molecule has 0 aliphatic heterocycles. The van der Waals surface area contributed by atoms with Gasteiger partial charge in [0.05, 0.1) is 18.9 Å². The second-order valence-electron chi connectivity index (χ2n) is 4.22. The second kappa shape index (κ2) is 7.45. The zero-order chi connectivity index (χ0) is 15.1. The summed E-state index contributed by atoms with van der Waals surface area (Å²) in [6.45, 7) is 0.308. The van der Waals surface area contributed by atoms with E-state index in [1.165, 1.54) is 7.11 Å². The summed E-state index contributed by atoms with van der Waals surface area (Å²) < 4.78 is 4.63. The van der Waals surface area contributed by atoms with Crippen LogP contribution in [0, 0.1) is 0 Å². The predicted octanol–water partition coefficient (Wildman–Crippen LogP) is 3.68. The minimum atomic E-state index is -0.362. The summed E-state index contributed by atoms with van der Waals surface area (Å²) in [5.41, 5.74) is 2.19. The first kappa shape index (κ1) is 15.1. The number of nitrogens with zero attached hydrogens (tertiary/aromatic N) is 1. The maximum absolute atomic E-state index is 11.3. The van der Waals surface area contributed by atoms with Crippen LogP contribution < -0.4 is 0 Å². The van der Waals surface area contributed by atoms with E-state index in [1.54, 1.807) is 36.5 Å². The largest absolute Gasteiger partial charge is 0.465 e. The van der Waals surface area contributed by atoms with Gasteiger partial charge in [0.25, 0.3) is 0 Å². The molecule has 2 rings (SSSR count). The maximum atomic E-state index is 11.3. The topological polar surface area (TPSA) is 47.9 Å². The Morgan fingerprint density at radius 1 is 1.19 bits per heavy atom. The molecule has 108 valence electrons. The molecule has 0 radical (unpaired) electrons. The number of oxime groups is 1. The van der Waals surface area contributed by atoms with Gasteiger partial charge in [-0.15, -0.1) is 0 Å². The normalized spacial score (nSPS) is 10.6. The van der Waals surface area contributed by atoms with Crippen molar-refractivity contribution in [2.24, 2.45) is 5.16 Å². The van der Waals surface area contributed by atoms with Crippen molar-refractivity contribution in [3.8, 4) is 0 Å². The highest BCUT2D eigenvalue weighted by Gasteiger charge is 2.04. The van der Waals surface area contributed by atoms with E-state index in [0.717, 1.165) is 11.1 Å². The molecule has 0 bridgehead atoms. The Bertz CT molecular complexity index is 638. The molecule has 4 nitrogen and oxygen atoms in total. The fourth-order valence-electron chi connectivity index (χ4n) is 1.64. The molecular formula is C16H14ClNO3. The molecule has 0 unspecified atom stereocenters. The molecule has 0 amide bonds. The van der Waals surface area contributed by atoms with E-state index in [0.29, 0.717) is 17.2 Å². The Labute approximate surface area is 127 Å². The molecule has 0 fully saturated rings. The first-order chi connectivity index (χ1) is 10.2. The molecular weight excluding hydrogens is 290 g/mol. The van der Waals surface area contributed by atoms with Crippen molar-refractivity contribution in [1.82, 2.24) is 0 Å². The van der Waals surface area contributed by atoms with Crippen LogP contribution in [-0.4, -0.2) is 19.3 Å². The summed E-state index contributed by atoms with van der Waals surface area (Å²) in [5.74, 6) is -0.362. The number of carbonyl (C=O) groups excluding carboxylic acids is 1. The maximum Gasteiger partial charge on any atom is 0.337 e. The van der Waals surface area contributed by atoms with Gasteiger partial charge in [0, 0.05) is 10.6 Å². The van der Waals surface area contributed by atoms with Crippen molar-refractivity contribution in [2.45, 2.75) is 6.61 Å². The Hall–Kier alpha value is -2.33. The van der Waals surface area contributed by atoms with Crippen LogP contribution in [0.4, 0.5) is 0 Å². The Morgan fingerprint density at radius 3 is 2.57 bits per heavy atom. The molecule has 0 aromatic heterocycles. The van der Waals surface area contributed by atoms with Crippen molar-refractivity contribution >= 4 is 23.8 Å². The average molecular weight is 304 g/mol. The fourth-order valence-corrected chi connectivity index (χ4v) is 1.83. The van der Waals surface area contributed by atoms with Crippen molar-refractivity contribution in [2.75, 3.05) is 7.11 Å². The minimum absolute atomic E-state index is 0.308. The molecule has 0 aliphatic carbocycles. The Balaban J connectivity index is 1.89. The van der Waals surface area contributed by atoms with Crippen LogP contribution >= 0.6 is 11.6 Å². The Morgan fingerprint density at radius 2 is 1.90 bits per heavy atom. The molecule has 0 atom stereocenters. The highest BCUT2D eigenvalue weighted by atomic mass is 35.5. The van der Waals surface area contributed by atoms with Crippen molar-refractivity contribution in [3.63, 3.8) is 0 Å². The van der Waals surface area contributed by atoms with Gasteiger partial charge in [-0.1, -0.05) is 47.1 Å².